The number of hydrogen-bond acceptors (Lipinski definition) is 4. The molecule has 0 spiro atoms. The summed E-state index contributed by atoms with van der Waals surface area (Å²) >= 11 is 0. The quantitative estimate of drug-likeness (QED) is 0.600. The van der Waals surface area contributed by atoms with Crippen molar-refractivity contribution in [3.63, 3.8) is 0 Å². The van der Waals surface area contributed by atoms with E-state index in [4.69, 9.17) is 0 Å². The van der Waals surface area contributed by atoms with E-state index in [1.807, 2.05) is 0 Å². The van der Waals surface area contributed by atoms with E-state index in [1.165, 1.54) is 12.5 Å². The minimum absolute atomic E-state index is 0.139. The average Bonchev–Trinajstić information content (AvgIpc) is 2.79. The lowest BCUT2D eigenvalue weighted by Gasteiger charge is -2.12. The van der Waals surface area contributed by atoms with Gasteiger partial charge in [0, 0.05) is 18.7 Å². The second-order valence-electron chi connectivity index (χ2n) is 3.95. The third kappa shape index (κ3) is 2.49. The Morgan fingerprint density at radius 1 is 1.50 bits per heavy atom. The molecule has 5 nitrogen and oxygen atoms in total. The number of benzene rings is 1. The van der Waals surface area contributed by atoms with E-state index in [0.717, 1.165) is 19.5 Å². The summed E-state index contributed by atoms with van der Waals surface area (Å²) in [5, 5.41) is 17.2. The van der Waals surface area contributed by atoms with Crippen molar-refractivity contribution in [1.29, 1.82) is 0 Å². The Morgan fingerprint density at radius 2 is 2.31 bits per heavy atom. The van der Waals surface area contributed by atoms with Gasteiger partial charge in [-0.1, -0.05) is 12.1 Å². The number of hydrogen-bond donors (Lipinski definition) is 2. The molecule has 0 unspecified atom stereocenters. The lowest BCUT2D eigenvalue weighted by Crippen LogP contribution is -2.29. The number of nitro groups is 1. The van der Waals surface area contributed by atoms with Crippen molar-refractivity contribution < 1.29 is 4.92 Å². The summed E-state index contributed by atoms with van der Waals surface area (Å²) < 4.78 is 0. The van der Waals surface area contributed by atoms with Crippen LogP contribution >= 0.6 is 0 Å². The molecule has 1 aliphatic rings. The molecule has 1 fully saturated rings. The van der Waals surface area contributed by atoms with E-state index < -0.39 is 0 Å². The molecule has 0 bridgehead atoms. The average molecular weight is 221 g/mol. The summed E-state index contributed by atoms with van der Waals surface area (Å²) in [5.74, 6) is 0. The Morgan fingerprint density at radius 3 is 3.00 bits per heavy atom. The van der Waals surface area contributed by atoms with Gasteiger partial charge >= 0.3 is 0 Å². The fraction of sp³-hybridized carbons (Fsp3) is 0.455. The molecule has 5 heteroatoms. The van der Waals surface area contributed by atoms with Gasteiger partial charge in [0.05, 0.1) is 4.92 Å². The Bertz CT molecular complexity index is 375. The molecule has 0 saturated carbocycles. The minimum atomic E-state index is -0.357. The summed E-state index contributed by atoms with van der Waals surface area (Å²) in [6.45, 7) is 1.79. The van der Waals surface area contributed by atoms with Crippen LogP contribution in [0.4, 0.5) is 11.4 Å². The van der Waals surface area contributed by atoms with Crippen LogP contribution in [0.5, 0.6) is 0 Å². The molecular formula is C11H15N3O2. The molecule has 16 heavy (non-hydrogen) atoms. The third-order valence-corrected chi connectivity index (χ3v) is 2.80. The lowest BCUT2D eigenvalue weighted by molar-refractivity contribution is -0.384. The van der Waals surface area contributed by atoms with Crippen molar-refractivity contribution >= 4 is 11.4 Å². The molecule has 0 aliphatic carbocycles. The second-order valence-corrected chi connectivity index (χ2v) is 3.95. The molecule has 1 aromatic carbocycles. The van der Waals surface area contributed by atoms with E-state index in [0.29, 0.717) is 11.7 Å². The van der Waals surface area contributed by atoms with Gasteiger partial charge in [-0.2, -0.15) is 0 Å². The minimum Gasteiger partial charge on any atom is -0.378 e. The van der Waals surface area contributed by atoms with Crippen LogP contribution in [0.15, 0.2) is 24.3 Å². The lowest BCUT2D eigenvalue weighted by atomic mass is 10.2. The largest absolute Gasteiger partial charge is 0.378 e. The number of nitrogens with zero attached hydrogens (tertiary/aromatic N) is 1. The summed E-state index contributed by atoms with van der Waals surface area (Å²) in [7, 11) is 0. The molecule has 86 valence electrons. The molecular weight excluding hydrogens is 206 g/mol. The first-order chi connectivity index (χ1) is 7.77. The predicted octanol–water partition coefficient (Wildman–Crippen LogP) is 1.76. The summed E-state index contributed by atoms with van der Waals surface area (Å²) in [4.78, 5) is 10.4. The molecule has 1 aromatic rings. The SMILES string of the molecule is O=[N+]([O-])c1ccccc1NC[C@H]1CCCN1. The maximum absolute atomic E-state index is 10.8. The van der Waals surface area contributed by atoms with Crippen molar-refractivity contribution in [1.82, 2.24) is 5.32 Å². The van der Waals surface area contributed by atoms with E-state index in [2.05, 4.69) is 10.6 Å². The van der Waals surface area contributed by atoms with Gasteiger partial charge < -0.3 is 10.6 Å². The van der Waals surface area contributed by atoms with Crippen molar-refractivity contribution in [3.8, 4) is 0 Å². The third-order valence-electron chi connectivity index (χ3n) is 2.80. The summed E-state index contributed by atoms with van der Waals surface area (Å²) in [5.41, 5.74) is 0.738. The van der Waals surface area contributed by atoms with Crippen LogP contribution in [0.25, 0.3) is 0 Å². The first-order valence-corrected chi connectivity index (χ1v) is 5.48. The molecule has 1 aliphatic heterocycles. The monoisotopic (exact) mass is 221 g/mol. The van der Waals surface area contributed by atoms with Gasteiger partial charge in [-0.05, 0) is 25.5 Å². The molecule has 1 saturated heterocycles. The van der Waals surface area contributed by atoms with Crippen molar-refractivity contribution in [2.24, 2.45) is 0 Å². The molecule has 0 radical (unpaired) electrons. The van der Waals surface area contributed by atoms with Crippen LogP contribution in [0.1, 0.15) is 12.8 Å². The summed E-state index contributed by atoms with van der Waals surface area (Å²) in [6, 6.07) is 7.17. The maximum atomic E-state index is 10.8. The highest BCUT2D eigenvalue weighted by Gasteiger charge is 2.16. The Hall–Kier alpha value is -1.62. The number of rotatable bonds is 4. The fourth-order valence-electron chi connectivity index (χ4n) is 1.95. The van der Waals surface area contributed by atoms with Crippen LogP contribution in [0.2, 0.25) is 0 Å². The van der Waals surface area contributed by atoms with Crippen molar-refractivity contribution in [2.45, 2.75) is 18.9 Å². The standard InChI is InChI=1S/C11H15N3O2/c15-14(16)11-6-2-1-5-10(11)13-8-9-4-3-7-12-9/h1-2,5-6,9,12-13H,3-4,7-8H2/t9-/m1/s1. The highest BCUT2D eigenvalue weighted by Crippen LogP contribution is 2.23. The number of para-hydroxylation sites is 2. The fourth-order valence-corrected chi connectivity index (χ4v) is 1.95. The molecule has 2 N–H and O–H groups in total. The highest BCUT2D eigenvalue weighted by atomic mass is 16.6. The first-order valence-electron chi connectivity index (χ1n) is 5.48. The molecule has 0 aromatic heterocycles. The van der Waals surface area contributed by atoms with Crippen molar-refractivity contribution in [3.05, 3.63) is 34.4 Å². The predicted molar refractivity (Wildman–Crippen MR) is 62.6 cm³/mol. The first kappa shape index (κ1) is 10.9. The van der Waals surface area contributed by atoms with E-state index >= 15 is 0 Å². The van der Waals surface area contributed by atoms with Gasteiger partial charge in [-0.25, -0.2) is 0 Å². The Kier molecular flexibility index (Phi) is 3.36. The van der Waals surface area contributed by atoms with Crippen molar-refractivity contribution in [2.75, 3.05) is 18.4 Å². The molecule has 1 atom stereocenters. The second kappa shape index (κ2) is 4.94. The molecule has 0 amide bonds. The zero-order chi connectivity index (χ0) is 11.4. The summed E-state index contributed by atoms with van der Waals surface area (Å²) in [6.07, 6.45) is 2.32. The normalized spacial score (nSPS) is 19.6. The van der Waals surface area contributed by atoms with Crippen LogP contribution < -0.4 is 10.6 Å². The molecule has 2 rings (SSSR count). The Labute approximate surface area is 94.0 Å². The Balaban J connectivity index is 2.00. The topological polar surface area (TPSA) is 67.2 Å². The highest BCUT2D eigenvalue weighted by molar-refractivity contribution is 5.61. The number of nitrogens with one attached hydrogen (secondary N) is 2. The van der Waals surface area contributed by atoms with Gasteiger partial charge in [-0.3, -0.25) is 10.1 Å². The van der Waals surface area contributed by atoms with E-state index in [9.17, 15) is 10.1 Å². The van der Waals surface area contributed by atoms with Crippen LogP contribution in [0, 0.1) is 10.1 Å². The van der Waals surface area contributed by atoms with Gasteiger partial charge in [0.1, 0.15) is 5.69 Å². The van der Waals surface area contributed by atoms with Gasteiger partial charge in [0.2, 0.25) is 0 Å². The van der Waals surface area contributed by atoms with Crippen LogP contribution in [-0.2, 0) is 0 Å². The van der Waals surface area contributed by atoms with Gasteiger partial charge in [0.25, 0.3) is 5.69 Å². The smallest absolute Gasteiger partial charge is 0.292 e. The van der Waals surface area contributed by atoms with Crippen LogP contribution in [-0.4, -0.2) is 24.1 Å². The number of nitro benzene ring substituents is 1. The van der Waals surface area contributed by atoms with Gasteiger partial charge in [-0.15, -0.1) is 0 Å². The molecule has 1 heterocycles. The van der Waals surface area contributed by atoms with E-state index in [1.54, 1.807) is 18.2 Å². The maximum Gasteiger partial charge on any atom is 0.292 e. The zero-order valence-corrected chi connectivity index (χ0v) is 8.98. The van der Waals surface area contributed by atoms with Gasteiger partial charge in [0.15, 0.2) is 0 Å². The van der Waals surface area contributed by atoms with Crippen LogP contribution in [0.3, 0.4) is 0 Å². The zero-order valence-electron chi connectivity index (χ0n) is 8.98. The number of anilines is 1. The van der Waals surface area contributed by atoms with E-state index in [-0.39, 0.29) is 10.6 Å².